The molecule has 0 aliphatic heterocycles. The van der Waals surface area contributed by atoms with Gasteiger partial charge in [-0.15, -0.1) is 0 Å². The molecular weight excluding hydrogens is 196 g/mol. The van der Waals surface area contributed by atoms with Gasteiger partial charge in [-0.2, -0.15) is 0 Å². The molecule has 0 aliphatic rings. The summed E-state index contributed by atoms with van der Waals surface area (Å²) >= 11 is 0. The second kappa shape index (κ2) is 5.46. The Labute approximate surface area is 89.1 Å². The van der Waals surface area contributed by atoms with E-state index in [2.05, 4.69) is 0 Å². The predicted molar refractivity (Wildman–Crippen MR) is 56.4 cm³/mol. The zero-order chi connectivity index (χ0) is 11.3. The minimum absolute atomic E-state index is 0.0177. The lowest BCUT2D eigenvalue weighted by Crippen LogP contribution is -1.98. The predicted octanol–water partition coefficient (Wildman–Crippen LogP) is 1.68. The largest absolute Gasteiger partial charge is 0.502 e. The van der Waals surface area contributed by atoms with E-state index in [4.69, 9.17) is 14.6 Å². The van der Waals surface area contributed by atoms with Crippen LogP contribution in [0.5, 0.6) is 17.2 Å². The molecule has 4 heteroatoms. The van der Waals surface area contributed by atoms with Crippen LogP contribution in [0.1, 0.15) is 19.4 Å². The summed E-state index contributed by atoms with van der Waals surface area (Å²) in [5.41, 5.74) is 0.653. The van der Waals surface area contributed by atoms with Crippen molar-refractivity contribution in [3.8, 4) is 17.2 Å². The van der Waals surface area contributed by atoms with E-state index in [0.29, 0.717) is 30.3 Å². The van der Waals surface area contributed by atoms with Gasteiger partial charge in [0.25, 0.3) is 0 Å². The van der Waals surface area contributed by atoms with Crippen LogP contribution in [0.3, 0.4) is 0 Å². The lowest BCUT2D eigenvalue weighted by molar-refractivity contribution is 0.270. The van der Waals surface area contributed by atoms with E-state index in [-0.39, 0.29) is 12.4 Å². The number of aliphatic hydroxyl groups is 1. The van der Waals surface area contributed by atoms with E-state index in [1.54, 1.807) is 12.1 Å². The Hall–Kier alpha value is -1.42. The molecule has 15 heavy (non-hydrogen) atoms. The van der Waals surface area contributed by atoms with Crippen molar-refractivity contribution in [1.82, 2.24) is 0 Å². The van der Waals surface area contributed by atoms with Crippen molar-refractivity contribution in [1.29, 1.82) is 0 Å². The molecule has 0 aromatic heterocycles. The molecule has 4 nitrogen and oxygen atoms in total. The van der Waals surface area contributed by atoms with E-state index in [1.807, 2.05) is 13.8 Å². The fourth-order valence-corrected chi connectivity index (χ4v) is 1.26. The van der Waals surface area contributed by atoms with Crippen LogP contribution < -0.4 is 9.47 Å². The SMILES string of the molecule is CCOc1cc(CO)cc(OCC)c1O. The van der Waals surface area contributed by atoms with Crippen LogP contribution in [0, 0.1) is 0 Å². The van der Waals surface area contributed by atoms with Gasteiger partial charge in [0, 0.05) is 0 Å². The maximum atomic E-state index is 9.74. The highest BCUT2D eigenvalue weighted by atomic mass is 16.5. The van der Waals surface area contributed by atoms with Gasteiger partial charge in [0.15, 0.2) is 11.5 Å². The van der Waals surface area contributed by atoms with Crippen LogP contribution in [0.15, 0.2) is 12.1 Å². The summed E-state index contributed by atoms with van der Waals surface area (Å²) in [6.45, 7) is 4.44. The standard InChI is InChI=1S/C11H16O4/c1-3-14-9-5-8(7-12)6-10(11(9)13)15-4-2/h5-6,12-13H,3-4,7H2,1-2H3. The molecule has 0 fully saturated rings. The number of aliphatic hydroxyl groups excluding tert-OH is 1. The minimum Gasteiger partial charge on any atom is -0.502 e. The van der Waals surface area contributed by atoms with Gasteiger partial charge in [0.05, 0.1) is 19.8 Å². The van der Waals surface area contributed by atoms with Gasteiger partial charge in [0.2, 0.25) is 5.75 Å². The minimum atomic E-state index is -0.111. The third-order valence-corrected chi connectivity index (χ3v) is 1.88. The van der Waals surface area contributed by atoms with Crippen LogP contribution in [0.2, 0.25) is 0 Å². The quantitative estimate of drug-likeness (QED) is 0.779. The highest BCUT2D eigenvalue weighted by Gasteiger charge is 2.11. The zero-order valence-electron chi connectivity index (χ0n) is 8.99. The molecule has 84 valence electrons. The lowest BCUT2D eigenvalue weighted by atomic mass is 10.2. The lowest BCUT2D eigenvalue weighted by Gasteiger charge is -2.12. The number of benzene rings is 1. The first-order chi connectivity index (χ1) is 7.22. The Balaban J connectivity index is 3.08. The van der Waals surface area contributed by atoms with Gasteiger partial charge in [-0.3, -0.25) is 0 Å². The van der Waals surface area contributed by atoms with Crippen molar-refractivity contribution in [2.45, 2.75) is 20.5 Å². The molecule has 1 rings (SSSR count). The summed E-state index contributed by atoms with van der Waals surface area (Å²) in [5, 5.41) is 18.8. The number of hydrogen-bond donors (Lipinski definition) is 2. The molecule has 0 atom stereocenters. The normalized spacial score (nSPS) is 10.1. The number of phenolic OH excluding ortho intramolecular Hbond substituents is 1. The first-order valence-electron chi connectivity index (χ1n) is 4.95. The third-order valence-electron chi connectivity index (χ3n) is 1.88. The highest BCUT2D eigenvalue weighted by molar-refractivity contribution is 5.52. The van der Waals surface area contributed by atoms with Gasteiger partial charge in [0.1, 0.15) is 0 Å². The van der Waals surface area contributed by atoms with Crippen molar-refractivity contribution < 1.29 is 19.7 Å². The molecule has 0 saturated carbocycles. The van der Waals surface area contributed by atoms with Crippen molar-refractivity contribution >= 4 is 0 Å². The topological polar surface area (TPSA) is 58.9 Å². The van der Waals surface area contributed by atoms with Crippen LogP contribution in [-0.4, -0.2) is 23.4 Å². The fourth-order valence-electron chi connectivity index (χ4n) is 1.26. The maximum Gasteiger partial charge on any atom is 0.200 e. The van der Waals surface area contributed by atoms with Crippen LogP contribution in [0.25, 0.3) is 0 Å². The Morgan fingerprint density at radius 3 is 1.87 bits per heavy atom. The summed E-state index contributed by atoms with van der Waals surface area (Å²) < 4.78 is 10.5. The van der Waals surface area contributed by atoms with Gasteiger partial charge >= 0.3 is 0 Å². The molecule has 0 unspecified atom stereocenters. The number of aromatic hydroxyl groups is 1. The van der Waals surface area contributed by atoms with Crippen molar-refractivity contribution in [3.05, 3.63) is 17.7 Å². The second-order valence-electron chi connectivity index (χ2n) is 2.96. The summed E-state index contributed by atoms with van der Waals surface area (Å²) in [6, 6.07) is 3.20. The first kappa shape index (κ1) is 11.7. The summed E-state index contributed by atoms with van der Waals surface area (Å²) in [7, 11) is 0. The zero-order valence-corrected chi connectivity index (χ0v) is 8.99. The van der Waals surface area contributed by atoms with Crippen molar-refractivity contribution in [2.24, 2.45) is 0 Å². The average Bonchev–Trinajstić information content (AvgIpc) is 2.24. The molecule has 0 bridgehead atoms. The Bertz CT molecular complexity index is 295. The molecule has 0 spiro atoms. The van der Waals surface area contributed by atoms with E-state index in [0.717, 1.165) is 0 Å². The number of ether oxygens (including phenoxy) is 2. The average molecular weight is 212 g/mol. The molecule has 0 radical (unpaired) electrons. The number of hydrogen-bond acceptors (Lipinski definition) is 4. The fraction of sp³-hybridized carbons (Fsp3) is 0.455. The summed E-state index contributed by atoms with van der Waals surface area (Å²) in [4.78, 5) is 0. The molecular formula is C11H16O4. The maximum absolute atomic E-state index is 9.74. The molecule has 0 aliphatic carbocycles. The van der Waals surface area contributed by atoms with Gasteiger partial charge in [-0.05, 0) is 31.5 Å². The van der Waals surface area contributed by atoms with Crippen LogP contribution >= 0.6 is 0 Å². The molecule has 0 amide bonds. The summed E-state index contributed by atoms with van der Waals surface area (Å²) in [6.07, 6.45) is 0. The van der Waals surface area contributed by atoms with E-state index in [9.17, 15) is 5.11 Å². The second-order valence-corrected chi connectivity index (χ2v) is 2.96. The van der Waals surface area contributed by atoms with Gasteiger partial charge in [-0.1, -0.05) is 0 Å². The molecule has 0 heterocycles. The third kappa shape index (κ3) is 2.76. The van der Waals surface area contributed by atoms with E-state index >= 15 is 0 Å². The Kier molecular flexibility index (Phi) is 4.24. The molecule has 1 aromatic carbocycles. The Morgan fingerprint density at radius 2 is 1.53 bits per heavy atom. The van der Waals surface area contributed by atoms with Crippen LogP contribution in [-0.2, 0) is 6.61 Å². The molecule has 2 N–H and O–H groups in total. The van der Waals surface area contributed by atoms with Crippen LogP contribution in [0.4, 0.5) is 0 Å². The van der Waals surface area contributed by atoms with Crippen molar-refractivity contribution in [3.63, 3.8) is 0 Å². The smallest absolute Gasteiger partial charge is 0.200 e. The van der Waals surface area contributed by atoms with E-state index in [1.165, 1.54) is 0 Å². The highest BCUT2D eigenvalue weighted by Crippen LogP contribution is 2.37. The monoisotopic (exact) mass is 212 g/mol. The summed E-state index contributed by atoms with van der Waals surface area (Å²) in [5.74, 6) is 0.663. The Morgan fingerprint density at radius 1 is 1.07 bits per heavy atom. The van der Waals surface area contributed by atoms with E-state index < -0.39 is 0 Å². The first-order valence-corrected chi connectivity index (χ1v) is 4.95. The van der Waals surface area contributed by atoms with Gasteiger partial charge in [-0.25, -0.2) is 0 Å². The number of rotatable bonds is 5. The molecule has 1 aromatic rings. The molecule has 0 saturated heterocycles. The van der Waals surface area contributed by atoms with Gasteiger partial charge < -0.3 is 19.7 Å². The number of phenols is 1. The van der Waals surface area contributed by atoms with Crippen molar-refractivity contribution in [2.75, 3.05) is 13.2 Å².